The van der Waals surface area contributed by atoms with Gasteiger partial charge in [0.1, 0.15) is 11.2 Å². The summed E-state index contributed by atoms with van der Waals surface area (Å²) in [5.74, 6) is 0.315. The first kappa shape index (κ1) is 30.9. The van der Waals surface area contributed by atoms with Crippen LogP contribution < -0.4 is 0 Å². The Balaban J connectivity index is 2.19. The molecule has 2 aliphatic rings. The molecule has 6 heteroatoms. The quantitative estimate of drug-likeness (QED) is 0.163. The molecule has 4 atom stereocenters. The molecular weight excluding hydrogens is 456 g/mol. The maximum absolute atomic E-state index is 13.0. The molecule has 0 aromatic heterocycles. The molecular formula is C30H54O6. The third-order valence-electron chi connectivity index (χ3n) is 9.03. The molecule has 0 aliphatic heterocycles. The third kappa shape index (κ3) is 6.39. The molecule has 0 bridgehead atoms. The average molecular weight is 511 g/mol. The second-order valence-electron chi connectivity index (χ2n) is 15.5. The Morgan fingerprint density at radius 2 is 1.03 bits per heavy atom. The van der Waals surface area contributed by atoms with Crippen LogP contribution in [0.4, 0.5) is 9.59 Å². The van der Waals surface area contributed by atoms with Gasteiger partial charge < -0.3 is 9.47 Å². The van der Waals surface area contributed by atoms with Crippen LogP contribution in [0.25, 0.3) is 0 Å². The molecule has 0 heterocycles. The molecule has 210 valence electrons. The van der Waals surface area contributed by atoms with E-state index < -0.39 is 23.5 Å². The predicted octanol–water partition coefficient (Wildman–Crippen LogP) is 9.25. The molecule has 2 rings (SSSR count). The molecule has 0 saturated heterocycles. The van der Waals surface area contributed by atoms with Crippen molar-refractivity contribution in [3.63, 3.8) is 0 Å². The fourth-order valence-electron chi connectivity index (χ4n) is 7.21. The van der Waals surface area contributed by atoms with E-state index in [-0.39, 0.29) is 33.5 Å². The number of rotatable bonds is 3. The lowest BCUT2D eigenvalue weighted by atomic mass is 9.55. The van der Waals surface area contributed by atoms with Crippen molar-refractivity contribution in [1.29, 1.82) is 0 Å². The van der Waals surface area contributed by atoms with E-state index in [2.05, 4.69) is 83.1 Å². The van der Waals surface area contributed by atoms with Crippen LogP contribution in [0.5, 0.6) is 0 Å². The molecule has 2 fully saturated rings. The van der Waals surface area contributed by atoms with Gasteiger partial charge >= 0.3 is 12.3 Å². The van der Waals surface area contributed by atoms with Crippen molar-refractivity contribution in [3.8, 4) is 0 Å². The number of carbonyl (C=O) groups excluding carboxylic acids is 2. The van der Waals surface area contributed by atoms with E-state index >= 15 is 0 Å². The Morgan fingerprint density at radius 1 is 0.611 bits per heavy atom. The van der Waals surface area contributed by atoms with Crippen molar-refractivity contribution >= 4 is 12.3 Å². The molecule has 0 spiro atoms. The molecule has 0 aromatic carbocycles. The minimum atomic E-state index is -1.17. The van der Waals surface area contributed by atoms with Crippen molar-refractivity contribution in [2.45, 2.75) is 146 Å². The first-order valence-corrected chi connectivity index (χ1v) is 14.0. The van der Waals surface area contributed by atoms with E-state index in [1.807, 2.05) is 0 Å². The van der Waals surface area contributed by atoms with Gasteiger partial charge in [0.05, 0.1) is 0 Å². The number of hydrogen-bond acceptors (Lipinski definition) is 6. The normalized spacial score (nSPS) is 30.4. The van der Waals surface area contributed by atoms with Gasteiger partial charge in [-0.05, 0) is 54.3 Å². The van der Waals surface area contributed by atoms with E-state index in [0.29, 0.717) is 0 Å². The maximum Gasteiger partial charge on any atom is 0.550 e. The highest BCUT2D eigenvalue weighted by atomic mass is 17.2. The van der Waals surface area contributed by atoms with Crippen LogP contribution in [0.3, 0.4) is 0 Å². The van der Waals surface area contributed by atoms with E-state index in [9.17, 15) is 9.59 Å². The van der Waals surface area contributed by atoms with E-state index in [1.54, 1.807) is 0 Å². The summed E-state index contributed by atoms with van der Waals surface area (Å²) in [6.45, 7) is 25.8. The fraction of sp³-hybridized carbons (Fsp3) is 0.933. The van der Waals surface area contributed by atoms with Gasteiger partial charge in [-0.3, -0.25) is 4.89 Å². The van der Waals surface area contributed by atoms with Crippen molar-refractivity contribution in [2.24, 2.45) is 33.5 Å². The minimum absolute atomic E-state index is 0.0397. The van der Waals surface area contributed by atoms with Gasteiger partial charge in [-0.1, -0.05) is 102 Å². The predicted molar refractivity (Wildman–Crippen MR) is 142 cm³/mol. The van der Waals surface area contributed by atoms with Crippen LogP contribution >= 0.6 is 0 Å². The second kappa shape index (κ2) is 10.5. The second-order valence-corrected chi connectivity index (χ2v) is 15.5. The summed E-state index contributed by atoms with van der Waals surface area (Å²) in [7, 11) is 0. The summed E-state index contributed by atoms with van der Waals surface area (Å²) < 4.78 is 11.2. The topological polar surface area (TPSA) is 71.1 Å². The Labute approximate surface area is 220 Å². The highest BCUT2D eigenvalue weighted by molar-refractivity contribution is 5.76. The van der Waals surface area contributed by atoms with Crippen molar-refractivity contribution < 1.29 is 28.8 Å². The number of ether oxygens (including phenoxy) is 2. The van der Waals surface area contributed by atoms with Gasteiger partial charge in [0.2, 0.25) is 0 Å². The van der Waals surface area contributed by atoms with Gasteiger partial charge in [-0.25, -0.2) is 9.59 Å². The number of carbonyl (C=O) groups is 2. The molecule has 6 nitrogen and oxygen atoms in total. The lowest BCUT2D eigenvalue weighted by Gasteiger charge is -2.55. The largest absolute Gasteiger partial charge is 0.550 e. The van der Waals surface area contributed by atoms with Gasteiger partial charge in [0.15, 0.2) is 0 Å². The molecule has 4 unspecified atom stereocenters. The highest BCUT2D eigenvalue weighted by Gasteiger charge is 2.57. The molecule has 0 N–H and O–H groups in total. The van der Waals surface area contributed by atoms with Gasteiger partial charge in [-0.2, -0.15) is 4.89 Å². The molecule has 0 radical (unpaired) electrons. The van der Waals surface area contributed by atoms with Gasteiger partial charge in [-0.15, -0.1) is 0 Å². The highest BCUT2D eigenvalue weighted by Crippen LogP contribution is 2.56. The Kier molecular flexibility index (Phi) is 8.98. The summed E-state index contributed by atoms with van der Waals surface area (Å²) in [5.41, 5.74) is -2.15. The lowest BCUT2D eigenvalue weighted by molar-refractivity contribution is -0.378. The van der Waals surface area contributed by atoms with Gasteiger partial charge in [0, 0.05) is 11.3 Å². The Morgan fingerprint density at radius 3 is 1.44 bits per heavy atom. The SMILES string of the molecule is CC(C)(C)C1CCCCC1(OOC(=O)OC(=O)OC1(C(C)(C)C)CCCCC1C(C)(C)C)C(C)(C)C. The lowest BCUT2D eigenvalue weighted by Crippen LogP contribution is -2.58. The first-order chi connectivity index (χ1) is 16.2. The van der Waals surface area contributed by atoms with Crippen LogP contribution in [0, 0.1) is 33.5 Å². The smallest absolute Gasteiger partial charge is 0.426 e. The zero-order valence-corrected chi connectivity index (χ0v) is 25.3. The van der Waals surface area contributed by atoms with Crippen molar-refractivity contribution in [1.82, 2.24) is 0 Å². The van der Waals surface area contributed by atoms with Crippen LogP contribution in [-0.4, -0.2) is 23.5 Å². The minimum Gasteiger partial charge on any atom is -0.426 e. The monoisotopic (exact) mass is 510 g/mol. The zero-order chi connectivity index (χ0) is 27.8. The molecule has 0 amide bonds. The van der Waals surface area contributed by atoms with Crippen LogP contribution in [-0.2, 0) is 19.2 Å². The van der Waals surface area contributed by atoms with E-state index in [4.69, 9.17) is 19.2 Å². The van der Waals surface area contributed by atoms with Crippen LogP contribution in [0.15, 0.2) is 0 Å². The summed E-state index contributed by atoms with van der Waals surface area (Å²) in [5, 5.41) is 0. The summed E-state index contributed by atoms with van der Waals surface area (Å²) in [4.78, 5) is 37.0. The van der Waals surface area contributed by atoms with Crippen LogP contribution in [0.2, 0.25) is 0 Å². The van der Waals surface area contributed by atoms with Gasteiger partial charge in [0.25, 0.3) is 0 Å². The zero-order valence-electron chi connectivity index (χ0n) is 25.3. The van der Waals surface area contributed by atoms with E-state index in [0.717, 1.165) is 51.4 Å². The summed E-state index contributed by atoms with van der Waals surface area (Å²) >= 11 is 0. The third-order valence-corrected chi connectivity index (χ3v) is 9.03. The van der Waals surface area contributed by atoms with Crippen molar-refractivity contribution in [2.75, 3.05) is 0 Å². The fourth-order valence-corrected chi connectivity index (χ4v) is 7.21. The number of hydrogen-bond donors (Lipinski definition) is 0. The van der Waals surface area contributed by atoms with Crippen LogP contribution in [0.1, 0.15) is 134 Å². The standard InChI is InChI=1S/C30H54O6/c1-25(2,3)21-17-13-15-19-29(21,27(7,8)9)34-23(31)33-24(32)35-36-30(28(10,11)12)20-16-14-18-22(30)26(4,5)6/h21-22H,13-20H2,1-12H3. The molecule has 2 aliphatic carbocycles. The summed E-state index contributed by atoms with van der Waals surface area (Å²) in [6, 6.07) is 0. The maximum atomic E-state index is 13.0. The van der Waals surface area contributed by atoms with Crippen molar-refractivity contribution in [3.05, 3.63) is 0 Å². The summed E-state index contributed by atoms with van der Waals surface area (Å²) in [6.07, 6.45) is 5.44. The first-order valence-electron chi connectivity index (χ1n) is 14.0. The molecule has 0 aromatic rings. The Bertz CT molecular complexity index is 775. The Hall–Kier alpha value is -1.30. The average Bonchev–Trinajstić information content (AvgIpc) is 2.69. The molecule has 2 saturated carbocycles. The molecule has 36 heavy (non-hydrogen) atoms. The van der Waals surface area contributed by atoms with E-state index in [1.165, 1.54) is 0 Å².